The summed E-state index contributed by atoms with van der Waals surface area (Å²) in [6, 6.07) is 14.3. The van der Waals surface area contributed by atoms with E-state index in [9.17, 15) is 13.2 Å². The van der Waals surface area contributed by atoms with Crippen LogP contribution < -0.4 is 9.62 Å². The molecule has 3 aromatic rings. The number of amides is 1. The van der Waals surface area contributed by atoms with Crippen molar-refractivity contribution in [3.63, 3.8) is 0 Å². The van der Waals surface area contributed by atoms with E-state index in [4.69, 9.17) is 0 Å². The van der Waals surface area contributed by atoms with Crippen LogP contribution in [0.2, 0.25) is 0 Å². The first-order chi connectivity index (χ1) is 13.3. The number of carbonyl (C=O) groups is 1. The van der Waals surface area contributed by atoms with E-state index in [0.29, 0.717) is 16.4 Å². The van der Waals surface area contributed by atoms with E-state index >= 15 is 0 Å². The molecule has 0 aliphatic heterocycles. The highest BCUT2D eigenvalue weighted by molar-refractivity contribution is 7.92. The van der Waals surface area contributed by atoms with Gasteiger partial charge in [-0.1, -0.05) is 41.2 Å². The van der Waals surface area contributed by atoms with Gasteiger partial charge in [0.05, 0.1) is 11.4 Å². The van der Waals surface area contributed by atoms with Crippen molar-refractivity contribution in [3.05, 3.63) is 59.7 Å². The van der Waals surface area contributed by atoms with Crippen LogP contribution in [0, 0.1) is 6.92 Å². The number of rotatable bonds is 6. The minimum Gasteiger partial charge on any atom is -0.296 e. The summed E-state index contributed by atoms with van der Waals surface area (Å²) >= 11 is 1.29. The van der Waals surface area contributed by atoms with E-state index in [0.717, 1.165) is 16.1 Å². The van der Waals surface area contributed by atoms with Gasteiger partial charge in [-0.25, -0.2) is 8.42 Å². The summed E-state index contributed by atoms with van der Waals surface area (Å²) in [4.78, 5) is 12.4. The van der Waals surface area contributed by atoms with Crippen LogP contribution in [-0.2, 0) is 10.0 Å². The standard InChI is InChI=1S/C19H20N4O3S2/c1-4-28(25,26)23(3)16-11-9-14(10-12-16)17(24)20-19-22-21-18(27-19)15-7-5-13(2)6-8-15/h5-12H,4H2,1-3H3,(H,20,22,24). The molecule has 1 aromatic heterocycles. The second-order valence-electron chi connectivity index (χ2n) is 6.15. The molecule has 0 saturated carbocycles. The summed E-state index contributed by atoms with van der Waals surface area (Å²) in [7, 11) is -1.86. The number of carbonyl (C=O) groups excluding carboxylic acids is 1. The van der Waals surface area contributed by atoms with Gasteiger partial charge in [-0.2, -0.15) is 0 Å². The third kappa shape index (κ3) is 4.37. The van der Waals surface area contributed by atoms with Crippen LogP contribution in [0.15, 0.2) is 48.5 Å². The molecule has 0 aliphatic rings. The Kier molecular flexibility index (Phi) is 5.76. The molecular formula is C19H20N4O3S2. The average Bonchev–Trinajstić information content (AvgIpc) is 3.16. The number of anilines is 2. The van der Waals surface area contributed by atoms with Crippen LogP contribution in [0.4, 0.5) is 10.8 Å². The lowest BCUT2D eigenvalue weighted by atomic mass is 10.2. The van der Waals surface area contributed by atoms with Gasteiger partial charge in [0.1, 0.15) is 5.01 Å². The van der Waals surface area contributed by atoms with Gasteiger partial charge in [0.25, 0.3) is 5.91 Å². The summed E-state index contributed by atoms with van der Waals surface area (Å²) in [5.41, 5.74) is 2.99. The number of hydrogen-bond donors (Lipinski definition) is 1. The van der Waals surface area contributed by atoms with Crippen LogP contribution in [-0.4, -0.2) is 37.3 Å². The van der Waals surface area contributed by atoms with Gasteiger partial charge in [0, 0.05) is 18.2 Å². The lowest BCUT2D eigenvalue weighted by Crippen LogP contribution is -2.28. The van der Waals surface area contributed by atoms with Gasteiger partial charge in [-0.05, 0) is 38.1 Å². The summed E-state index contributed by atoms with van der Waals surface area (Å²) in [5.74, 6) is -0.328. The second kappa shape index (κ2) is 8.07. The number of hydrogen-bond acceptors (Lipinski definition) is 6. The molecule has 9 heteroatoms. The molecular weight excluding hydrogens is 396 g/mol. The van der Waals surface area contributed by atoms with E-state index in [1.807, 2.05) is 31.2 Å². The molecule has 3 rings (SSSR count). The molecule has 0 unspecified atom stereocenters. The van der Waals surface area contributed by atoms with E-state index in [1.54, 1.807) is 31.2 Å². The number of benzene rings is 2. The third-order valence-corrected chi connectivity index (χ3v) is 6.88. The maximum absolute atomic E-state index is 12.4. The molecule has 0 bridgehead atoms. The van der Waals surface area contributed by atoms with Gasteiger partial charge in [-0.3, -0.25) is 14.4 Å². The van der Waals surface area contributed by atoms with Crippen molar-refractivity contribution < 1.29 is 13.2 Å². The number of nitrogens with zero attached hydrogens (tertiary/aromatic N) is 3. The molecule has 0 radical (unpaired) electrons. The van der Waals surface area contributed by atoms with E-state index in [-0.39, 0.29) is 11.7 Å². The Bertz CT molecular complexity index is 1080. The quantitative estimate of drug-likeness (QED) is 0.663. The summed E-state index contributed by atoms with van der Waals surface area (Å²) < 4.78 is 25.1. The first-order valence-corrected chi connectivity index (χ1v) is 11.0. The Labute approximate surface area is 168 Å². The highest BCUT2D eigenvalue weighted by Gasteiger charge is 2.17. The van der Waals surface area contributed by atoms with Crippen molar-refractivity contribution in [1.29, 1.82) is 0 Å². The monoisotopic (exact) mass is 416 g/mol. The molecule has 1 N–H and O–H groups in total. The highest BCUT2D eigenvalue weighted by Crippen LogP contribution is 2.27. The zero-order valence-electron chi connectivity index (χ0n) is 15.7. The SMILES string of the molecule is CCS(=O)(=O)N(C)c1ccc(C(=O)Nc2nnc(-c3ccc(C)cc3)s2)cc1. The smallest absolute Gasteiger partial charge is 0.257 e. The zero-order valence-corrected chi connectivity index (χ0v) is 17.3. The molecule has 0 spiro atoms. The van der Waals surface area contributed by atoms with Crippen molar-refractivity contribution >= 4 is 38.1 Å². The van der Waals surface area contributed by atoms with Crippen LogP contribution in [0.1, 0.15) is 22.8 Å². The lowest BCUT2D eigenvalue weighted by molar-refractivity contribution is 0.102. The Hall–Kier alpha value is -2.78. The molecule has 28 heavy (non-hydrogen) atoms. The highest BCUT2D eigenvalue weighted by atomic mass is 32.2. The number of aromatic nitrogens is 2. The Morgan fingerprint density at radius 1 is 1.07 bits per heavy atom. The Morgan fingerprint density at radius 3 is 2.32 bits per heavy atom. The number of sulfonamides is 1. The molecule has 0 fully saturated rings. The van der Waals surface area contributed by atoms with Crippen LogP contribution in [0.3, 0.4) is 0 Å². The second-order valence-corrected chi connectivity index (χ2v) is 9.41. The van der Waals surface area contributed by atoms with E-state index < -0.39 is 10.0 Å². The number of aryl methyl sites for hydroxylation is 1. The molecule has 0 saturated heterocycles. The van der Waals surface area contributed by atoms with Gasteiger partial charge >= 0.3 is 0 Å². The third-order valence-electron chi connectivity index (χ3n) is 4.22. The zero-order chi connectivity index (χ0) is 20.3. The fraction of sp³-hybridized carbons (Fsp3) is 0.211. The largest absolute Gasteiger partial charge is 0.296 e. The average molecular weight is 417 g/mol. The van der Waals surface area contributed by atoms with Crippen molar-refractivity contribution in [2.45, 2.75) is 13.8 Å². The van der Waals surface area contributed by atoms with Crippen molar-refractivity contribution in [2.24, 2.45) is 0 Å². The summed E-state index contributed by atoms with van der Waals surface area (Å²) in [6.07, 6.45) is 0. The van der Waals surface area contributed by atoms with Crippen molar-refractivity contribution in [1.82, 2.24) is 10.2 Å². The maximum atomic E-state index is 12.4. The van der Waals surface area contributed by atoms with E-state index in [1.165, 1.54) is 22.7 Å². The van der Waals surface area contributed by atoms with Gasteiger partial charge in [-0.15, -0.1) is 10.2 Å². The number of nitrogens with one attached hydrogen (secondary N) is 1. The van der Waals surface area contributed by atoms with Gasteiger partial charge in [0.15, 0.2) is 0 Å². The fourth-order valence-corrected chi connectivity index (χ4v) is 4.01. The Morgan fingerprint density at radius 2 is 1.71 bits per heavy atom. The molecule has 1 heterocycles. The van der Waals surface area contributed by atoms with Crippen LogP contribution in [0.25, 0.3) is 10.6 Å². The van der Waals surface area contributed by atoms with Gasteiger partial charge in [0.2, 0.25) is 15.2 Å². The molecule has 146 valence electrons. The Balaban J connectivity index is 1.71. The normalized spacial score (nSPS) is 11.2. The van der Waals surface area contributed by atoms with Crippen LogP contribution in [0.5, 0.6) is 0 Å². The topological polar surface area (TPSA) is 92.3 Å². The lowest BCUT2D eigenvalue weighted by Gasteiger charge is -2.18. The molecule has 0 aliphatic carbocycles. The maximum Gasteiger partial charge on any atom is 0.257 e. The molecule has 2 aromatic carbocycles. The minimum absolute atomic E-state index is 0.00605. The fourth-order valence-electron chi connectivity index (χ4n) is 2.43. The van der Waals surface area contributed by atoms with E-state index in [2.05, 4.69) is 15.5 Å². The van der Waals surface area contributed by atoms with Gasteiger partial charge < -0.3 is 0 Å². The first-order valence-electron chi connectivity index (χ1n) is 8.58. The van der Waals surface area contributed by atoms with Crippen LogP contribution >= 0.6 is 11.3 Å². The summed E-state index contributed by atoms with van der Waals surface area (Å²) in [5, 5.41) is 12.0. The predicted molar refractivity (Wildman–Crippen MR) is 112 cm³/mol. The summed E-state index contributed by atoms with van der Waals surface area (Å²) in [6.45, 7) is 3.59. The minimum atomic E-state index is -3.34. The molecule has 7 nitrogen and oxygen atoms in total. The predicted octanol–water partition coefficient (Wildman–Crippen LogP) is 3.55. The van der Waals surface area contributed by atoms with Crippen molar-refractivity contribution in [2.75, 3.05) is 22.4 Å². The first kappa shape index (κ1) is 20.0. The molecule has 1 amide bonds. The van der Waals surface area contributed by atoms with Crippen molar-refractivity contribution in [3.8, 4) is 10.6 Å². The molecule has 0 atom stereocenters.